The third kappa shape index (κ3) is 9.94. The SMILES string of the molecule is CN(CCCCCCC1=C(c2ccc(F)c(F)c2)CCCc2cc(O)ccc21)CCCSCCC(F)(F)C(F)(F)F. The van der Waals surface area contributed by atoms with E-state index in [1.807, 2.05) is 13.1 Å². The number of thioether (sulfide) groups is 1. The number of benzene rings is 2. The maximum absolute atomic E-state index is 14.1. The van der Waals surface area contributed by atoms with Crippen molar-refractivity contribution in [2.24, 2.45) is 0 Å². The van der Waals surface area contributed by atoms with E-state index in [1.165, 1.54) is 12.1 Å². The molecule has 2 aromatic rings. The standard InChI is InChI=1S/C31H38F7NOS/c1-39(17-7-18-41-19-15-30(34,35)31(36,37)38)16-5-3-2-4-9-27-25(23-11-14-28(32)29(33)21-23)10-6-8-22-20-24(40)12-13-26(22)27/h11-14,20-21,40H,2-10,15-19H2,1H3. The number of unbranched alkanes of at least 4 members (excludes halogenated alkanes) is 3. The van der Waals surface area contributed by atoms with E-state index in [1.54, 1.807) is 18.2 Å². The molecule has 1 aliphatic carbocycles. The highest BCUT2D eigenvalue weighted by Gasteiger charge is 2.56. The van der Waals surface area contributed by atoms with Gasteiger partial charge in [0.05, 0.1) is 0 Å². The van der Waals surface area contributed by atoms with Crippen LogP contribution in [0.3, 0.4) is 0 Å². The minimum atomic E-state index is -5.49. The highest BCUT2D eigenvalue weighted by molar-refractivity contribution is 7.99. The Kier molecular flexibility index (Phi) is 12.4. The molecule has 0 amide bonds. The van der Waals surface area contributed by atoms with Crippen LogP contribution in [0.4, 0.5) is 30.7 Å². The van der Waals surface area contributed by atoms with Crippen molar-refractivity contribution in [1.29, 1.82) is 0 Å². The summed E-state index contributed by atoms with van der Waals surface area (Å²) in [5.74, 6) is -5.84. The fraction of sp³-hybridized carbons (Fsp3) is 0.548. The Morgan fingerprint density at radius 3 is 2.29 bits per heavy atom. The number of phenols is 1. The topological polar surface area (TPSA) is 23.5 Å². The molecule has 0 radical (unpaired) electrons. The van der Waals surface area contributed by atoms with Gasteiger partial charge < -0.3 is 10.0 Å². The van der Waals surface area contributed by atoms with Crippen molar-refractivity contribution in [2.45, 2.75) is 76.3 Å². The molecule has 10 heteroatoms. The number of alkyl halides is 5. The van der Waals surface area contributed by atoms with Crippen molar-refractivity contribution in [3.63, 3.8) is 0 Å². The van der Waals surface area contributed by atoms with Crippen molar-refractivity contribution >= 4 is 22.9 Å². The summed E-state index contributed by atoms with van der Waals surface area (Å²) in [6.45, 7) is 1.61. The number of fused-ring (bicyclic) bond motifs is 1. The van der Waals surface area contributed by atoms with Crippen molar-refractivity contribution in [3.05, 3.63) is 64.7 Å². The van der Waals surface area contributed by atoms with Gasteiger partial charge in [0, 0.05) is 6.42 Å². The molecule has 2 aromatic carbocycles. The number of rotatable bonds is 15. The fourth-order valence-corrected chi connectivity index (χ4v) is 6.11. The largest absolute Gasteiger partial charge is 0.508 e. The van der Waals surface area contributed by atoms with Gasteiger partial charge in [-0.05, 0) is 129 Å². The van der Waals surface area contributed by atoms with Gasteiger partial charge in [0.25, 0.3) is 0 Å². The molecule has 0 saturated heterocycles. The van der Waals surface area contributed by atoms with Crippen LogP contribution >= 0.6 is 11.8 Å². The molecule has 0 fully saturated rings. The van der Waals surface area contributed by atoms with Crippen LogP contribution in [0.1, 0.15) is 74.5 Å². The summed E-state index contributed by atoms with van der Waals surface area (Å²) >= 11 is 1.12. The quantitative estimate of drug-likeness (QED) is 0.162. The first-order valence-corrected chi connectivity index (χ1v) is 15.2. The second-order valence-electron chi connectivity index (χ2n) is 10.7. The summed E-state index contributed by atoms with van der Waals surface area (Å²) in [7, 11) is 1.97. The van der Waals surface area contributed by atoms with Crippen molar-refractivity contribution in [2.75, 3.05) is 31.6 Å². The zero-order valence-electron chi connectivity index (χ0n) is 23.3. The van der Waals surface area contributed by atoms with E-state index in [4.69, 9.17) is 0 Å². The predicted octanol–water partition coefficient (Wildman–Crippen LogP) is 9.51. The minimum Gasteiger partial charge on any atom is -0.508 e. The van der Waals surface area contributed by atoms with Crippen LogP contribution in [0.25, 0.3) is 11.1 Å². The molecule has 3 rings (SSSR count). The van der Waals surface area contributed by atoms with E-state index in [-0.39, 0.29) is 11.5 Å². The Bertz CT molecular complexity index is 1170. The van der Waals surface area contributed by atoms with Crippen molar-refractivity contribution in [1.82, 2.24) is 4.90 Å². The summed E-state index contributed by atoms with van der Waals surface area (Å²) < 4.78 is 90.2. The molecule has 0 unspecified atom stereocenters. The van der Waals surface area contributed by atoms with Gasteiger partial charge in [-0.25, -0.2) is 8.78 Å². The van der Waals surface area contributed by atoms with E-state index in [0.29, 0.717) is 17.7 Å². The van der Waals surface area contributed by atoms with E-state index in [9.17, 15) is 35.8 Å². The number of hydrogen-bond donors (Lipinski definition) is 1. The first kappa shape index (κ1) is 33.3. The molecule has 2 nitrogen and oxygen atoms in total. The van der Waals surface area contributed by atoms with E-state index in [2.05, 4.69) is 4.90 Å². The zero-order valence-corrected chi connectivity index (χ0v) is 24.1. The molecular weight excluding hydrogens is 567 g/mol. The predicted molar refractivity (Wildman–Crippen MR) is 152 cm³/mol. The molecule has 228 valence electrons. The molecule has 0 spiro atoms. The van der Waals surface area contributed by atoms with Crippen LogP contribution in [0.15, 0.2) is 36.4 Å². The molecule has 1 N–H and O–H groups in total. The Balaban J connectivity index is 1.44. The van der Waals surface area contributed by atoms with Crippen LogP contribution in [-0.4, -0.2) is 53.7 Å². The maximum atomic E-state index is 14.1. The lowest BCUT2D eigenvalue weighted by atomic mass is 9.89. The minimum absolute atomic E-state index is 0.213. The van der Waals surface area contributed by atoms with Crippen LogP contribution in [0.5, 0.6) is 5.75 Å². The van der Waals surface area contributed by atoms with Gasteiger partial charge in [-0.3, -0.25) is 0 Å². The summed E-state index contributed by atoms with van der Waals surface area (Å²) in [4.78, 5) is 2.14. The lowest BCUT2D eigenvalue weighted by Crippen LogP contribution is -2.36. The molecule has 41 heavy (non-hydrogen) atoms. The number of aryl methyl sites for hydroxylation is 1. The number of nitrogens with zero attached hydrogens (tertiary/aromatic N) is 1. The Labute approximate surface area is 242 Å². The first-order chi connectivity index (χ1) is 19.4. The number of allylic oxidation sites excluding steroid dienone is 2. The molecule has 0 saturated carbocycles. The van der Waals surface area contributed by atoms with Gasteiger partial charge >= 0.3 is 12.1 Å². The fourth-order valence-electron chi connectivity index (χ4n) is 5.17. The number of hydrogen-bond acceptors (Lipinski definition) is 3. The Hall–Kier alpha value is -2.20. The van der Waals surface area contributed by atoms with Crippen LogP contribution in [-0.2, 0) is 6.42 Å². The summed E-state index contributed by atoms with van der Waals surface area (Å²) in [5.41, 5.74) is 4.94. The molecule has 1 aliphatic rings. The van der Waals surface area contributed by atoms with E-state index in [0.717, 1.165) is 98.5 Å². The van der Waals surface area contributed by atoms with Crippen molar-refractivity contribution in [3.8, 4) is 5.75 Å². The van der Waals surface area contributed by atoms with Gasteiger partial charge in [-0.15, -0.1) is 0 Å². The van der Waals surface area contributed by atoms with Crippen LogP contribution < -0.4 is 0 Å². The average molecular weight is 606 g/mol. The Morgan fingerprint density at radius 1 is 0.829 bits per heavy atom. The number of halogens is 7. The zero-order chi connectivity index (χ0) is 30.0. The van der Waals surface area contributed by atoms with Gasteiger partial charge in [-0.1, -0.05) is 25.0 Å². The highest BCUT2D eigenvalue weighted by atomic mass is 32.2. The summed E-state index contributed by atoms with van der Waals surface area (Å²) in [6, 6.07) is 9.43. The lowest BCUT2D eigenvalue weighted by Gasteiger charge is -2.19. The third-order valence-electron chi connectivity index (χ3n) is 7.44. The van der Waals surface area contributed by atoms with E-state index < -0.39 is 30.2 Å². The normalized spacial score (nSPS) is 14.5. The third-order valence-corrected chi connectivity index (χ3v) is 8.51. The molecular formula is C31H38F7NOS. The monoisotopic (exact) mass is 605 g/mol. The van der Waals surface area contributed by atoms with Gasteiger partial charge in [-0.2, -0.15) is 33.7 Å². The van der Waals surface area contributed by atoms with Crippen LogP contribution in [0, 0.1) is 11.6 Å². The van der Waals surface area contributed by atoms with Gasteiger partial charge in [0.1, 0.15) is 5.75 Å². The smallest absolute Gasteiger partial charge is 0.453 e. The summed E-state index contributed by atoms with van der Waals surface area (Å²) in [5, 5.41) is 10.0. The van der Waals surface area contributed by atoms with Crippen LogP contribution in [0.2, 0.25) is 0 Å². The highest BCUT2D eigenvalue weighted by Crippen LogP contribution is 2.40. The molecule has 0 heterocycles. The number of aromatic hydroxyl groups is 1. The van der Waals surface area contributed by atoms with Crippen molar-refractivity contribution < 1.29 is 35.8 Å². The van der Waals surface area contributed by atoms with Gasteiger partial charge in [0.2, 0.25) is 0 Å². The Morgan fingerprint density at radius 2 is 1.56 bits per heavy atom. The maximum Gasteiger partial charge on any atom is 0.453 e. The van der Waals surface area contributed by atoms with Gasteiger partial charge in [0.15, 0.2) is 11.6 Å². The molecule has 0 aliphatic heterocycles. The first-order valence-electron chi connectivity index (χ1n) is 14.1. The molecule has 0 atom stereocenters. The number of phenolic OH excluding ortho intramolecular Hbond substituents is 1. The van der Waals surface area contributed by atoms with E-state index >= 15 is 0 Å². The lowest BCUT2D eigenvalue weighted by molar-refractivity contribution is -0.282. The second-order valence-corrected chi connectivity index (χ2v) is 11.9. The average Bonchev–Trinajstić information content (AvgIpc) is 3.07. The summed E-state index contributed by atoms with van der Waals surface area (Å²) in [6.07, 6.45) is 1.09. The second kappa shape index (κ2) is 15.3. The molecule has 0 aromatic heterocycles. The molecule has 0 bridgehead atoms.